The fourth-order valence-corrected chi connectivity index (χ4v) is 2.86. The third-order valence-electron chi connectivity index (χ3n) is 3.92. The lowest BCUT2D eigenvalue weighted by molar-refractivity contribution is -0.121. The fourth-order valence-electron chi connectivity index (χ4n) is 2.74. The minimum absolute atomic E-state index is 0.00638. The first-order chi connectivity index (χ1) is 11.2. The summed E-state index contributed by atoms with van der Waals surface area (Å²) in [5.74, 6) is 1.21. The second-order valence-corrected chi connectivity index (χ2v) is 6.22. The second kappa shape index (κ2) is 7.46. The van der Waals surface area contributed by atoms with E-state index in [1.807, 2.05) is 24.3 Å². The lowest BCUT2D eigenvalue weighted by Gasteiger charge is -2.10. The number of halogens is 1. The van der Waals surface area contributed by atoms with E-state index in [1.54, 1.807) is 0 Å². The van der Waals surface area contributed by atoms with Crippen molar-refractivity contribution in [2.45, 2.75) is 44.7 Å². The van der Waals surface area contributed by atoms with Gasteiger partial charge in [0, 0.05) is 16.8 Å². The van der Waals surface area contributed by atoms with Crippen LogP contribution in [-0.4, -0.2) is 27.1 Å². The van der Waals surface area contributed by atoms with E-state index in [-0.39, 0.29) is 12.3 Å². The van der Waals surface area contributed by atoms with Gasteiger partial charge in [-0.3, -0.25) is 9.89 Å². The van der Waals surface area contributed by atoms with Crippen LogP contribution in [-0.2, 0) is 17.8 Å². The van der Waals surface area contributed by atoms with Crippen LogP contribution in [0.15, 0.2) is 24.3 Å². The molecule has 0 aliphatic heterocycles. The molecule has 1 aromatic carbocycles. The van der Waals surface area contributed by atoms with Gasteiger partial charge in [-0.05, 0) is 37.1 Å². The van der Waals surface area contributed by atoms with Crippen molar-refractivity contribution in [3.63, 3.8) is 0 Å². The minimum atomic E-state index is -0.00638. The van der Waals surface area contributed by atoms with Crippen LogP contribution in [0.1, 0.15) is 37.3 Å². The van der Waals surface area contributed by atoms with Crippen molar-refractivity contribution in [1.82, 2.24) is 20.5 Å². The maximum Gasteiger partial charge on any atom is 0.227 e. The number of amides is 1. The largest absolute Gasteiger partial charge is 0.378 e. The van der Waals surface area contributed by atoms with Crippen LogP contribution in [0.5, 0.6) is 0 Å². The molecule has 0 bridgehead atoms. The van der Waals surface area contributed by atoms with Crippen molar-refractivity contribution >= 4 is 23.2 Å². The van der Waals surface area contributed by atoms with E-state index < -0.39 is 0 Å². The van der Waals surface area contributed by atoms with Crippen molar-refractivity contribution in [2.24, 2.45) is 0 Å². The molecule has 23 heavy (non-hydrogen) atoms. The Balaban J connectivity index is 1.47. The molecule has 7 heteroatoms. The van der Waals surface area contributed by atoms with Crippen molar-refractivity contribution in [1.29, 1.82) is 0 Å². The summed E-state index contributed by atoms with van der Waals surface area (Å²) >= 11 is 5.85. The maximum atomic E-state index is 12.0. The third kappa shape index (κ3) is 4.69. The highest BCUT2D eigenvalue weighted by Gasteiger charge is 2.18. The molecule has 1 aliphatic carbocycles. The quantitative estimate of drug-likeness (QED) is 0.759. The highest BCUT2D eigenvalue weighted by molar-refractivity contribution is 6.30. The predicted octanol–water partition coefficient (Wildman–Crippen LogP) is 2.67. The Morgan fingerprint density at radius 1 is 1.26 bits per heavy atom. The Morgan fingerprint density at radius 2 is 2.00 bits per heavy atom. The molecule has 1 aliphatic rings. The average Bonchev–Trinajstić information content (AvgIpc) is 3.19. The Bertz CT molecular complexity index is 649. The molecule has 3 N–H and O–H groups in total. The highest BCUT2D eigenvalue weighted by Crippen LogP contribution is 2.17. The summed E-state index contributed by atoms with van der Waals surface area (Å²) in [6.45, 7) is 0.513. The molecule has 1 saturated carbocycles. The molecule has 1 heterocycles. The van der Waals surface area contributed by atoms with Crippen LogP contribution in [0.2, 0.25) is 5.02 Å². The van der Waals surface area contributed by atoms with Crippen molar-refractivity contribution in [2.75, 3.05) is 5.32 Å². The van der Waals surface area contributed by atoms with Crippen molar-refractivity contribution in [3.05, 3.63) is 40.9 Å². The van der Waals surface area contributed by atoms with Crippen LogP contribution in [0.4, 0.5) is 5.69 Å². The van der Waals surface area contributed by atoms with E-state index in [1.165, 1.54) is 12.8 Å². The zero-order chi connectivity index (χ0) is 16.1. The number of aromatic nitrogens is 3. The smallest absolute Gasteiger partial charge is 0.227 e. The third-order valence-corrected chi connectivity index (χ3v) is 4.17. The van der Waals surface area contributed by atoms with Crippen LogP contribution in [0.25, 0.3) is 0 Å². The summed E-state index contributed by atoms with van der Waals surface area (Å²) in [6, 6.07) is 7.77. The zero-order valence-electron chi connectivity index (χ0n) is 12.8. The Labute approximate surface area is 140 Å². The molecule has 0 unspecified atom stereocenters. The van der Waals surface area contributed by atoms with E-state index in [0.717, 1.165) is 18.5 Å². The second-order valence-electron chi connectivity index (χ2n) is 5.78. The molecule has 6 nitrogen and oxygen atoms in total. The van der Waals surface area contributed by atoms with Gasteiger partial charge in [-0.15, -0.1) is 0 Å². The average molecular weight is 334 g/mol. The molecule has 0 atom stereocenters. The van der Waals surface area contributed by atoms with Gasteiger partial charge in [0.2, 0.25) is 5.91 Å². The number of carbonyl (C=O) groups is 1. The maximum absolute atomic E-state index is 12.0. The fraction of sp³-hybridized carbons (Fsp3) is 0.438. The Kier molecular flexibility index (Phi) is 5.12. The van der Waals surface area contributed by atoms with E-state index in [0.29, 0.717) is 29.3 Å². The van der Waals surface area contributed by atoms with Gasteiger partial charge >= 0.3 is 0 Å². The Hall–Kier alpha value is -2.08. The van der Waals surface area contributed by atoms with Gasteiger partial charge < -0.3 is 10.6 Å². The number of benzene rings is 1. The normalized spacial score (nSPS) is 14.8. The van der Waals surface area contributed by atoms with Crippen LogP contribution < -0.4 is 10.6 Å². The van der Waals surface area contributed by atoms with Gasteiger partial charge in [0.1, 0.15) is 5.82 Å². The molecule has 1 aromatic heterocycles. The predicted molar refractivity (Wildman–Crippen MR) is 89.3 cm³/mol. The number of anilines is 1. The van der Waals surface area contributed by atoms with Gasteiger partial charge in [-0.2, -0.15) is 5.10 Å². The lowest BCUT2D eigenvalue weighted by atomic mass is 10.2. The SMILES string of the molecule is O=C(Cc1n[nH]c(CNc2ccc(Cl)cc2)n1)NC1CCCC1. The first kappa shape index (κ1) is 15.8. The van der Waals surface area contributed by atoms with Gasteiger partial charge in [-0.25, -0.2) is 4.98 Å². The van der Waals surface area contributed by atoms with Crippen LogP contribution in [0, 0.1) is 0 Å². The Morgan fingerprint density at radius 3 is 2.74 bits per heavy atom. The molecular weight excluding hydrogens is 314 g/mol. The molecule has 1 fully saturated rings. The summed E-state index contributed by atoms with van der Waals surface area (Å²) in [4.78, 5) is 16.3. The summed E-state index contributed by atoms with van der Waals surface area (Å²) in [5.41, 5.74) is 0.950. The number of nitrogens with zero attached hydrogens (tertiary/aromatic N) is 2. The molecular formula is C16H20ClN5O. The number of nitrogens with one attached hydrogen (secondary N) is 3. The highest BCUT2D eigenvalue weighted by atomic mass is 35.5. The molecule has 2 aromatic rings. The van der Waals surface area contributed by atoms with E-state index >= 15 is 0 Å². The standard InChI is InChI=1S/C16H20ClN5O/c17-11-5-7-12(8-6-11)18-10-15-20-14(21-22-15)9-16(23)19-13-3-1-2-4-13/h5-8,13,18H,1-4,9-10H2,(H,19,23)(H,20,21,22). The number of hydrogen-bond donors (Lipinski definition) is 3. The topological polar surface area (TPSA) is 82.7 Å². The van der Waals surface area contributed by atoms with Gasteiger partial charge in [0.05, 0.1) is 13.0 Å². The number of H-pyrrole nitrogens is 1. The summed E-state index contributed by atoms with van der Waals surface area (Å²) in [6.07, 6.45) is 4.78. The number of hydrogen-bond acceptors (Lipinski definition) is 4. The van der Waals surface area contributed by atoms with Gasteiger partial charge in [0.25, 0.3) is 0 Å². The summed E-state index contributed by atoms with van der Waals surface area (Å²) in [7, 11) is 0. The van der Waals surface area contributed by atoms with E-state index in [2.05, 4.69) is 25.8 Å². The molecule has 3 rings (SSSR count). The first-order valence-corrected chi connectivity index (χ1v) is 8.26. The summed E-state index contributed by atoms with van der Waals surface area (Å²) in [5, 5.41) is 13.9. The lowest BCUT2D eigenvalue weighted by Crippen LogP contribution is -2.33. The van der Waals surface area contributed by atoms with E-state index in [9.17, 15) is 4.79 Å². The van der Waals surface area contributed by atoms with Crippen LogP contribution in [0.3, 0.4) is 0 Å². The molecule has 0 spiro atoms. The monoisotopic (exact) mass is 333 g/mol. The minimum Gasteiger partial charge on any atom is -0.378 e. The van der Waals surface area contributed by atoms with E-state index in [4.69, 9.17) is 11.6 Å². The molecule has 122 valence electrons. The number of carbonyl (C=O) groups excluding carboxylic acids is 1. The zero-order valence-corrected chi connectivity index (χ0v) is 13.6. The van der Waals surface area contributed by atoms with Gasteiger partial charge in [0.15, 0.2) is 5.82 Å². The first-order valence-electron chi connectivity index (χ1n) is 7.88. The van der Waals surface area contributed by atoms with Crippen molar-refractivity contribution in [3.8, 4) is 0 Å². The molecule has 1 amide bonds. The van der Waals surface area contributed by atoms with Crippen LogP contribution >= 0.6 is 11.6 Å². The molecule has 0 saturated heterocycles. The number of rotatable bonds is 6. The van der Waals surface area contributed by atoms with Gasteiger partial charge in [-0.1, -0.05) is 24.4 Å². The number of aromatic amines is 1. The van der Waals surface area contributed by atoms with Crippen molar-refractivity contribution < 1.29 is 4.79 Å². The molecule has 0 radical (unpaired) electrons. The summed E-state index contributed by atoms with van der Waals surface area (Å²) < 4.78 is 0.